The molecule has 3 rings (SSSR count). The molecule has 1 aromatic carbocycles. The number of carbonyl (C=O) groups is 2. The normalized spacial score (nSPS) is 10.8. The second-order valence-electron chi connectivity index (χ2n) is 4.94. The molecule has 0 aliphatic rings. The molecule has 0 saturated heterocycles. The lowest BCUT2D eigenvalue weighted by atomic mass is 10.1. The molecule has 25 heavy (non-hydrogen) atoms. The zero-order chi connectivity index (χ0) is 17.6. The smallest absolute Gasteiger partial charge is 0.353 e. The minimum Gasteiger partial charge on any atom is -0.497 e. The van der Waals surface area contributed by atoms with Crippen LogP contribution in [0.1, 0.15) is 24.9 Å². The first-order valence-electron chi connectivity index (χ1n) is 7.37. The van der Waals surface area contributed by atoms with Crippen molar-refractivity contribution in [3.63, 3.8) is 0 Å². The highest BCUT2D eigenvalue weighted by Crippen LogP contribution is 2.27. The van der Waals surface area contributed by atoms with Crippen LogP contribution in [0, 0.1) is 0 Å². The van der Waals surface area contributed by atoms with Crippen molar-refractivity contribution in [3.05, 3.63) is 74.6 Å². The molecule has 0 aliphatic heterocycles. The molecule has 0 N–H and O–H groups in total. The van der Waals surface area contributed by atoms with Crippen molar-refractivity contribution >= 4 is 40.5 Å². The fourth-order valence-electron chi connectivity index (χ4n) is 2.10. The number of ketones is 1. The predicted octanol–water partition coefficient (Wildman–Crippen LogP) is 4.93. The highest BCUT2D eigenvalue weighted by Gasteiger charge is 2.17. The third-order valence-electron chi connectivity index (χ3n) is 3.32. The summed E-state index contributed by atoms with van der Waals surface area (Å²) in [5.41, 5.74) is 0.304. The van der Waals surface area contributed by atoms with Gasteiger partial charge in [-0.3, -0.25) is 4.79 Å². The quantitative estimate of drug-likeness (QED) is 0.267. The van der Waals surface area contributed by atoms with Gasteiger partial charge in [-0.25, -0.2) is 4.79 Å². The van der Waals surface area contributed by atoms with Gasteiger partial charge in [-0.15, -0.1) is 22.7 Å². The van der Waals surface area contributed by atoms with E-state index >= 15 is 0 Å². The highest BCUT2D eigenvalue weighted by atomic mass is 32.1. The van der Waals surface area contributed by atoms with Crippen molar-refractivity contribution in [2.45, 2.75) is 0 Å². The summed E-state index contributed by atoms with van der Waals surface area (Å²) < 4.78 is 10.6. The Morgan fingerprint density at radius 3 is 2.52 bits per heavy atom. The summed E-state index contributed by atoms with van der Waals surface area (Å²) in [6, 6.07) is 12.1. The summed E-state index contributed by atoms with van der Waals surface area (Å²) in [5, 5.41) is 3.73. The number of allylic oxidation sites excluding steroid dienone is 1. The molecule has 0 spiro atoms. The first kappa shape index (κ1) is 17.1. The molecule has 0 radical (unpaired) electrons. The molecule has 0 unspecified atom stereocenters. The molecular weight excluding hydrogens is 356 g/mol. The van der Waals surface area contributed by atoms with Crippen LogP contribution in [0.4, 0.5) is 0 Å². The molecule has 0 fully saturated rings. The zero-order valence-electron chi connectivity index (χ0n) is 13.3. The van der Waals surface area contributed by atoms with Crippen LogP contribution in [-0.2, 0) is 0 Å². The largest absolute Gasteiger partial charge is 0.497 e. The van der Waals surface area contributed by atoms with Gasteiger partial charge in [0.15, 0.2) is 5.78 Å². The SMILES string of the molecule is COc1ccc(C(=O)C=Cc2cccs2)c(OC(=O)c2cccs2)c1. The summed E-state index contributed by atoms with van der Waals surface area (Å²) in [7, 11) is 1.51. The molecule has 4 nitrogen and oxygen atoms in total. The van der Waals surface area contributed by atoms with Crippen molar-refractivity contribution in [2.75, 3.05) is 7.11 Å². The monoisotopic (exact) mass is 370 g/mol. The maximum absolute atomic E-state index is 12.5. The number of benzene rings is 1. The van der Waals surface area contributed by atoms with Gasteiger partial charge in [-0.05, 0) is 47.2 Å². The second kappa shape index (κ2) is 7.92. The van der Waals surface area contributed by atoms with Crippen molar-refractivity contribution < 1.29 is 19.1 Å². The highest BCUT2D eigenvalue weighted by molar-refractivity contribution is 7.12. The van der Waals surface area contributed by atoms with Crippen molar-refractivity contribution in [1.82, 2.24) is 0 Å². The van der Waals surface area contributed by atoms with Crippen molar-refractivity contribution in [1.29, 1.82) is 0 Å². The molecular formula is C19H14O4S2. The van der Waals surface area contributed by atoms with E-state index in [2.05, 4.69) is 0 Å². The minimum absolute atomic E-state index is 0.179. The summed E-state index contributed by atoms with van der Waals surface area (Å²) in [5.74, 6) is -0.0593. The molecule has 0 amide bonds. The van der Waals surface area contributed by atoms with E-state index in [0.717, 1.165) is 4.88 Å². The Hall–Kier alpha value is -2.70. The molecule has 0 saturated carbocycles. The van der Waals surface area contributed by atoms with Crippen LogP contribution in [0.25, 0.3) is 6.08 Å². The molecule has 2 aromatic heterocycles. The third-order valence-corrected chi connectivity index (χ3v) is 5.01. The molecule has 2 heterocycles. The number of carbonyl (C=O) groups excluding carboxylic acids is 2. The van der Waals surface area contributed by atoms with E-state index < -0.39 is 5.97 Å². The zero-order valence-corrected chi connectivity index (χ0v) is 14.9. The van der Waals surface area contributed by atoms with Gasteiger partial charge < -0.3 is 9.47 Å². The molecule has 0 aliphatic carbocycles. The molecule has 0 atom stereocenters. The lowest BCUT2D eigenvalue weighted by molar-refractivity contribution is 0.0738. The first-order chi connectivity index (χ1) is 12.2. The Kier molecular flexibility index (Phi) is 5.42. The number of hydrogen-bond donors (Lipinski definition) is 0. The number of hydrogen-bond acceptors (Lipinski definition) is 6. The van der Waals surface area contributed by atoms with Crippen LogP contribution in [0.3, 0.4) is 0 Å². The predicted molar refractivity (Wildman–Crippen MR) is 100.0 cm³/mol. The van der Waals surface area contributed by atoms with Crippen LogP contribution >= 0.6 is 22.7 Å². The second-order valence-corrected chi connectivity index (χ2v) is 6.87. The number of esters is 1. The number of ether oxygens (including phenoxy) is 2. The van der Waals surface area contributed by atoms with Gasteiger partial charge in [0.25, 0.3) is 0 Å². The number of rotatable bonds is 6. The molecule has 3 aromatic rings. The Balaban J connectivity index is 1.87. The van der Waals surface area contributed by atoms with Gasteiger partial charge >= 0.3 is 5.97 Å². The van der Waals surface area contributed by atoms with E-state index in [-0.39, 0.29) is 11.5 Å². The van der Waals surface area contributed by atoms with Crippen LogP contribution in [-0.4, -0.2) is 18.9 Å². The van der Waals surface area contributed by atoms with Gasteiger partial charge in [-0.1, -0.05) is 12.1 Å². The number of thiophene rings is 2. The maximum atomic E-state index is 12.5. The fraction of sp³-hybridized carbons (Fsp3) is 0.0526. The minimum atomic E-state index is -0.500. The van der Waals surface area contributed by atoms with Gasteiger partial charge in [0.2, 0.25) is 0 Å². The molecule has 6 heteroatoms. The van der Waals surface area contributed by atoms with E-state index in [9.17, 15) is 9.59 Å². The third kappa shape index (κ3) is 4.23. The summed E-state index contributed by atoms with van der Waals surface area (Å²) in [6.07, 6.45) is 3.21. The van der Waals surface area contributed by atoms with Crippen LogP contribution < -0.4 is 9.47 Å². The van der Waals surface area contributed by atoms with E-state index in [1.165, 1.54) is 41.9 Å². The average Bonchev–Trinajstić information content (AvgIpc) is 3.33. The van der Waals surface area contributed by atoms with Gasteiger partial charge in [0.05, 0.1) is 12.7 Å². The molecule has 0 bridgehead atoms. The van der Waals surface area contributed by atoms with E-state index in [1.54, 1.807) is 35.7 Å². The van der Waals surface area contributed by atoms with Crippen LogP contribution in [0.15, 0.2) is 59.3 Å². The van der Waals surface area contributed by atoms with Crippen molar-refractivity contribution in [3.8, 4) is 11.5 Å². The van der Waals surface area contributed by atoms with E-state index in [1.807, 2.05) is 17.5 Å². The summed E-state index contributed by atoms with van der Waals surface area (Å²) >= 11 is 2.82. The van der Waals surface area contributed by atoms with Crippen molar-refractivity contribution in [2.24, 2.45) is 0 Å². The maximum Gasteiger partial charge on any atom is 0.353 e. The van der Waals surface area contributed by atoms with Gasteiger partial charge in [0, 0.05) is 10.9 Å². The Labute approximate surface area is 153 Å². The standard InChI is InChI=1S/C19H14O4S2/c1-22-13-6-8-15(16(20)9-7-14-4-2-10-24-14)17(12-13)23-19(21)18-5-3-11-25-18/h2-12H,1H3. The Morgan fingerprint density at radius 2 is 1.84 bits per heavy atom. The lowest BCUT2D eigenvalue weighted by Crippen LogP contribution is -2.10. The Morgan fingerprint density at radius 1 is 1.04 bits per heavy atom. The van der Waals surface area contributed by atoms with Crippen LogP contribution in [0.5, 0.6) is 11.5 Å². The fourth-order valence-corrected chi connectivity index (χ4v) is 3.31. The summed E-state index contributed by atoms with van der Waals surface area (Å²) in [4.78, 5) is 26.2. The number of methoxy groups -OCH3 is 1. The van der Waals surface area contributed by atoms with Gasteiger partial charge in [0.1, 0.15) is 16.4 Å². The lowest BCUT2D eigenvalue weighted by Gasteiger charge is -2.09. The Bertz CT molecular complexity index is 894. The van der Waals surface area contributed by atoms with E-state index in [0.29, 0.717) is 16.2 Å². The average molecular weight is 370 g/mol. The molecule has 126 valence electrons. The topological polar surface area (TPSA) is 52.6 Å². The van der Waals surface area contributed by atoms with Crippen LogP contribution in [0.2, 0.25) is 0 Å². The van der Waals surface area contributed by atoms with E-state index in [4.69, 9.17) is 9.47 Å². The van der Waals surface area contributed by atoms with Gasteiger partial charge in [-0.2, -0.15) is 0 Å². The first-order valence-corrected chi connectivity index (χ1v) is 9.13. The summed E-state index contributed by atoms with van der Waals surface area (Å²) in [6.45, 7) is 0.